The quantitative estimate of drug-likeness (QED) is 0.227. The second-order valence-corrected chi connectivity index (χ2v) is 8.90. The first-order valence-electron chi connectivity index (χ1n) is 11.9. The van der Waals surface area contributed by atoms with Gasteiger partial charge in [0, 0.05) is 12.1 Å². The van der Waals surface area contributed by atoms with E-state index in [0.29, 0.717) is 22.2 Å². The van der Waals surface area contributed by atoms with Gasteiger partial charge in [-0.25, -0.2) is 28.6 Å². The fourth-order valence-corrected chi connectivity index (χ4v) is 4.20. The second kappa shape index (κ2) is 8.98. The van der Waals surface area contributed by atoms with Crippen molar-refractivity contribution in [2.24, 2.45) is 0 Å². The summed E-state index contributed by atoms with van der Waals surface area (Å²) in [7, 11) is 0. The van der Waals surface area contributed by atoms with Crippen molar-refractivity contribution in [1.82, 2.24) is 29.9 Å². The van der Waals surface area contributed by atoms with Crippen LogP contribution in [0.25, 0.3) is 73.3 Å². The fourth-order valence-electron chi connectivity index (χ4n) is 4.20. The Bertz CT molecular complexity index is 2130. The van der Waals surface area contributed by atoms with Gasteiger partial charge >= 0.3 is 0 Å². The highest BCUT2D eigenvalue weighted by atomic mass is 19.1. The van der Waals surface area contributed by atoms with E-state index in [1.807, 2.05) is 0 Å². The lowest BCUT2D eigenvalue weighted by atomic mass is 10.1. The zero-order valence-electron chi connectivity index (χ0n) is 21.0. The molecule has 14 heteroatoms. The van der Waals surface area contributed by atoms with Gasteiger partial charge in [-0.3, -0.25) is 0 Å². The molecule has 0 radical (unpaired) electrons. The van der Waals surface area contributed by atoms with E-state index < -0.39 is 11.6 Å². The molecular weight excluding hydrogens is 548 g/mol. The van der Waals surface area contributed by atoms with Gasteiger partial charge < -0.3 is 13.3 Å². The average molecular weight is 557 g/mol. The molecule has 0 aliphatic heterocycles. The van der Waals surface area contributed by atoms with Gasteiger partial charge in [0.05, 0.1) is 29.3 Å². The van der Waals surface area contributed by atoms with Crippen LogP contribution in [-0.2, 0) is 0 Å². The van der Waals surface area contributed by atoms with E-state index in [-0.39, 0.29) is 68.6 Å². The summed E-state index contributed by atoms with van der Waals surface area (Å²) >= 11 is 0. The standard InChI is InChI=1S/C28H9F2N9O3/c1-11-3-20-17(4-12(11)9-31)34-26(40-20)23-37-24(27-35-18-5-13(10-32)14(29)6-21(18)41-27)39-25(38-23)28-36-19-8-16(33-2)15(30)7-22(19)42-28/h3-8H,1H3. The van der Waals surface area contributed by atoms with Crippen LogP contribution in [0, 0.1) is 47.8 Å². The monoisotopic (exact) mass is 557 g/mol. The lowest BCUT2D eigenvalue weighted by molar-refractivity contribution is 0.590. The van der Waals surface area contributed by atoms with Crippen molar-refractivity contribution in [2.75, 3.05) is 0 Å². The highest BCUT2D eigenvalue weighted by Crippen LogP contribution is 2.32. The number of hydrogen-bond donors (Lipinski definition) is 0. The molecule has 0 N–H and O–H groups in total. The number of fused-ring (bicyclic) bond motifs is 3. The second-order valence-electron chi connectivity index (χ2n) is 8.90. The molecule has 42 heavy (non-hydrogen) atoms. The summed E-state index contributed by atoms with van der Waals surface area (Å²) in [6.45, 7) is 8.90. The van der Waals surface area contributed by atoms with E-state index in [0.717, 1.165) is 12.1 Å². The highest BCUT2D eigenvalue weighted by Gasteiger charge is 2.23. The fraction of sp³-hybridized carbons (Fsp3) is 0.0357. The largest absolute Gasteiger partial charge is 0.434 e. The molecule has 0 saturated heterocycles. The number of nitriles is 2. The van der Waals surface area contributed by atoms with Crippen molar-refractivity contribution in [3.8, 4) is 47.3 Å². The van der Waals surface area contributed by atoms with Crippen molar-refractivity contribution >= 4 is 39.0 Å². The zero-order chi connectivity index (χ0) is 29.1. The third-order valence-electron chi connectivity index (χ3n) is 6.24. The van der Waals surface area contributed by atoms with Crippen LogP contribution in [-0.4, -0.2) is 29.9 Å². The molecule has 198 valence electrons. The minimum Gasteiger partial charge on any atom is -0.434 e. The molecule has 4 aromatic heterocycles. The van der Waals surface area contributed by atoms with E-state index >= 15 is 0 Å². The van der Waals surface area contributed by atoms with Gasteiger partial charge in [0.2, 0.25) is 23.2 Å². The van der Waals surface area contributed by atoms with Crippen molar-refractivity contribution in [3.63, 3.8) is 0 Å². The summed E-state index contributed by atoms with van der Waals surface area (Å²) in [6, 6.07) is 11.5. The van der Waals surface area contributed by atoms with Gasteiger partial charge in [-0.2, -0.15) is 25.5 Å². The van der Waals surface area contributed by atoms with Crippen LogP contribution < -0.4 is 0 Å². The predicted molar refractivity (Wildman–Crippen MR) is 139 cm³/mol. The Morgan fingerprint density at radius 3 is 1.60 bits per heavy atom. The van der Waals surface area contributed by atoms with Crippen LogP contribution in [0.5, 0.6) is 0 Å². The summed E-state index contributed by atoms with van der Waals surface area (Å²) in [6.07, 6.45) is 0. The van der Waals surface area contributed by atoms with Crippen LogP contribution in [0.1, 0.15) is 16.7 Å². The molecule has 0 bridgehead atoms. The highest BCUT2D eigenvalue weighted by molar-refractivity contribution is 5.81. The number of rotatable bonds is 3. The van der Waals surface area contributed by atoms with E-state index in [1.165, 1.54) is 12.1 Å². The first kappa shape index (κ1) is 24.5. The number of nitrogens with zero attached hydrogens (tertiary/aromatic N) is 9. The number of oxazole rings is 3. The molecule has 0 amide bonds. The number of aromatic nitrogens is 6. The molecule has 3 aromatic carbocycles. The average Bonchev–Trinajstić information content (AvgIpc) is 3.71. The Hall–Kier alpha value is -6.59. The van der Waals surface area contributed by atoms with Crippen molar-refractivity contribution in [3.05, 3.63) is 76.1 Å². The van der Waals surface area contributed by atoms with Crippen LogP contribution in [0.4, 0.5) is 14.5 Å². The Morgan fingerprint density at radius 1 is 0.643 bits per heavy atom. The van der Waals surface area contributed by atoms with Gasteiger partial charge in [-0.15, -0.1) is 0 Å². The topological polar surface area (TPSA) is 169 Å². The summed E-state index contributed by atoms with van der Waals surface area (Å²) in [4.78, 5) is 29.3. The maximum absolute atomic E-state index is 14.2. The summed E-state index contributed by atoms with van der Waals surface area (Å²) < 4.78 is 45.7. The molecule has 4 heterocycles. The molecule has 0 unspecified atom stereocenters. The normalized spacial score (nSPS) is 11.1. The Kier molecular flexibility index (Phi) is 5.23. The first-order valence-corrected chi connectivity index (χ1v) is 11.9. The molecule has 0 aliphatic rings. The number of aryl methyl sites for hydroxylation is 1. The van der Waals surface area contributed by atoms with Gasteiger partial charge in [0.1, 0.15) is 28.7 Å². The summed E-state index contributed by atoms with van der Waals surface area (Å²) in [5.41, 5.74) is 1.81. The molecule has 7 rings (SSSR count). The van der Waals surface area contributed by atoms with Gasteiger partial charge in [0.15, 0.2) is 16.7 Å². The van der Waals surface area contributed by atoms with E-state index in [2.05, 4.69) is 40.8 Å². The van der Waals surface area contributed by atoms with Crippen molar-refractivity contribution < 1.29 is 22.0 Å². The van der Waals surface area contributed by atoms with E-state index in [9.17, 15) is 19.3 Å². The van der Waals surface area contributed by atoms with Crippen molar-refractivity contribution in [1.29, 1.82) is 10.5 Å². The Morgan fingerprint density at radius 2 is 1.10 bits per heavy atom. The molecule has 0 spiro atoms. The van der Waals surface area contributed by atoms with Gasteiger partial charge in [-0.05, 0) is 36.8 Å². The number of hydrogen-bond acceptors (Lipinski definition) is 11. The smallest absolute Gasteiger partial charge is 0.266 e. The lowest BCUT2D eigenvalue weighted by Crippen LogP contribution is -2.00. The third-order valence-corrected chi connectivity index (χ3v) is 6.24. The molecule has 0 fully saturated rings. The van der Waals surface area contributed by atoms with Gasteiger partial charge in [-0.1, -0.05) is 0 Å². The molecule has 0 saturated carbocycles. The Labute approximate surface area is 232 Å². The molecule has 7 aromatic rings. The van der Waals surface area contributed by atoms with Crippen LogP contribution >= 0.6 is 0 Å². The van der Waals surface area contributed by atoms with Crippen LogP contribution in [0.15, 0.2) is 49.6 Å². The van der Waals surface area contributed by atoms with Crippen LogP contribution in [0.3, 0.4) is 0 Å². The molecular formula is C28H9F2N9O3. The number of halogens is 2. The first-order chi connectivity index (χ1) is 20.3. The predicted octanol–water partition coefficient (Wildman–Crippen LogP) is 6.18. The zero-order valence-corrected chi connectivity index (χ0v) is 21.0. The SMILES string of the molecule is [C-]#[N+]c1cc2nc(-c3nc(-c4nc5cc(C#N)c(C)cc5o4)nc(-c4nc5cc(C#N)c(F)cc5o4)n3)oc2cc1F. The minimum absolute atomic E-state index is 0.0374. The maximum Gasteiger partial charge on any atom is 0.266 e. The van der Waals surface area contributed by atoms with Crippen molar-refractivity contribution in [2.45, 2.75) is 6.92 Å². The summed E-state index contributed by atoms with van der Waals surface area (Å²) in [5, 5.41) is 18.6. The van der Waals surface area contributed by atoms with Crippen LogP contribution in [0.2, 0.25) is 0 Å². The molecule has 12 nitrogen and oxygen atoms in total. The molecule has 0 aliphatic carbocycles. The summed E-state index contributed by atoms with van der Waals surface area (Å²) in [5.74, 6) is -2.30. The molecule has 0 atom stereocenters. The van der Waals surface area contributed by atoms with Gasteiger partial charge in [0.25, 0.3) is 17.7 Å². The third kappa shape index (κ3) is 3.86. The maximum atomic E-state index is 14.2. The number of benzene rings is 3. The minimum atomic E-state index is -0.791. The van der Waals surface area contributed by atoms with E-state index in [1.54, 1.807) is 25.1 Å². The Balaban J connectivity index is 1.45. The lowest BCUT2D eigenvalue weighted by Gasteiger charge is -2.01. The van der Waals surface area contributed by atoms with E-state index in [4.69, 9.17) is 19.8 Å².